The number of esters is 2. The molecule has 11 nitrogen and oxygen atoms in total. The van der Waals surface area contributed by atoms with Crippen molar-refractivity contribution < 1.29 is 38.8 Å². The molecule has 2 aliphatic heterocycles. The molecule has 3 heterocycles. The molecule has 1 saturated heterocycles. The van der Waals surface area contributed by atoms with Gasteiger partial charge in [-0.2, -0.15) is 0 Å². The lowest BCUT2D eigenvalue weighted by molar-refractivity contribution is -0.914. The van der Waals surface area contributed by atoms with Crippen LogP contribution in [0.2, 0.25) is 0 Å². The quantitative estimate of drug-likeness (QED) is 0.242. The van der Waals surface area contributed by atoms with Crippen molar-refractivity contribution in [2.45, 2.75) is 76.5 Å². The fraction of sp³-hybridized carbons (Fsp3) is 0.481. The van der Waals surface area contributed by atoms with E-state index in [1.54, 1.807) is 19.2 Å². The third-order valence-corrected chi connectivity index (χ3v) is 7.36. The molecule has 2 aromatic rings. The van der Waals surface area contributed by atoms with Crippen LogP contribution in [0, 0.1) is 11.1 Å². The molecule has 38 heavy (non-hydrogen) atoms. The van der Waals surface area contributed by atoms with Crippen LogP contribution in [-0.4, -0.2) is 63.7 Å². The minimum Gasteiger partial charge on any atom is -0.632 e. The maximum atomic E-state index is 13.7. The zero-order valence-corrected chi connectivity index (χ0v) is 21.6. The first kappa shape index (κ1) is 27.5. The smallest absolute Gasteiger partial charge is 0.331 e. The van der Waals surface area contributed by atoms with E-state index in [4.69, 9.17) is 9.47 Å². The summed E-state index contributed by atoms with van der Waals surface area (Å²) in [4.78, 5) is 53.5. The van der Waals surface area contributed by atoms with Gasteiger partial charge in [-0.15, -0.1) is 0 Å². The average Bonchev–Trinajstić information content (AvgIpc) is 3.54. The summed E-state index contributed by atoms with van der Waals surface area (Å²) in [5.41, 5.74) is -0.238. The minimum absolute atomic E-state index is 0.0457. The second-order valence-corrected chi connectivity index (χ2v) is 10.1. The van der Waals surface area contributed by atoms with Crippen LogP contribution >= 0.6 is 0 Å². The number of aliphatic hydroxyl groups excluding tert-OH is 1. The Labute approximate surface area is 219 Å². The number of aromatic nitrogens is 1. The predicted octanol–water partition coefficient (Wildman–Crippen LogP) is 0.457. The number of hydrogen-bond donors (Lipinski definition) is 4. The van der Waals surface area contributed by atoms with Crippen LogP contribution in [0.4, 0.5) is 0 Å². The molecular formula is C27H33N3O8. The zero-order valence-electron chi connectivity index (χ0n) is 21.6. The molecule has 0 aliphatic carbocycles. The molecule has 1 fully saturated rings. The summed E-state index contributed by atoms with van der Waals surface area (Å²) >= 11 is 0. The Morgan fingerprint density at radius 3 is 2.63 bits per heavy atom. The number of benzene rings is 1. The number of rotatable bonds is 11. The van der Waals surface area contributed by atoms with E-state index in [1.165, 1.54) is 19.9 Å². The molecule has 1 aromatic carbocycles. The lowest BCUT2D eigenvalue weighted by Gasteiger charge is -2.42. The molecule has 11 heteroatoms. The van der Waals surface area contributed by atoms with Gasteiger partial charge in [0.05, 0.1) is 12.5 Å². The number of aromatic amines is 1. The summed E-state index contributed by atoms with van der Waals surface area (Å²) in [6, 6.07) is 6.39. The number of amides is 1. The van der Waals surface area contributed by atoms with E-state index in [2.05, 4.69) is 10.3 Å². The first-order chi connectivity index (χ1) is 18.0. The number of fused-ring (bicyclic) bond motifs is 1. The number of nitrogens with one attached hydrogen (secondary N) is 3. The number of cyclic esters (lactones) is 1. The van der Waals surface area contributed by atoms with Crippen molar-refractivity contribution >= 4 is 34.5 Å². The summed E-state index contributed by atoms with van der Waals surface area (Å²) in [5, 5.41) is 26.7. The number of hydroxylamine groups is 2. The largest absolute Gasteiger partial charge is 0.632 e. The van der Waals surface area contributed by atoms with E-state index in [-0.39, 0.29) is 6.42 Å². The van der Waals surface area contributed by atoms with Crippen molar-refractivity contribution in [1.29, 1.82) is 0 Å². The van der Waals surface area contributed by atoms with Crippen LogP contribution < -0.4 is 10.4 Å². The lowest BCUT2D eigenvalue weighted by Crippen LogP contribution is -3.19. The monoisotopic (exact) mass is 527 g/mol. The molecule has 4 N–H and O–H groups in total. The molecule has 0 radical (unpaired) electrons. The Morgan fingerprint density at radius 2 is 2.00 bits per heavy atom. The van der Waals surface area contributed by atoms with Crippen molar-refractivity contribution in [1.82, 2.24) is 10.3 Å². The highest BCUT2D eigenvalue weighted by atomic mass is 16.6. The number of ketones is 1. The molecule has 1 amide bonds. The second kappa shape index (κ2) is 11.1. The molecule has 0 saturated carbocycles. The van der Waals surface area contributed by atoms with E-state index in [0.717, 1.165) is 10.9 Å². The molecule has 7 unspecified atom stereocenters. The molecule has 7 atom stereocenters. The topological polar surface area (TPSA) is 162 Å². The van der Waals surface area contributed by atoms with Gasteiger partial charge in [-0.25, -0.2) is 4.79 Å². The van der Waals surface area contributed by atoms with Gasteiger partial charge >= 0.3 is 11.9 Å². The van der Waals surface area contributed by atoms with Gasteiger partial charge in [0.1, 0.15) is 18.1 Å². The summed E-state index contributed by atoms with van der Waals surface area (Å²) in [6.07, 6.45) is 2.50. The SMILES string of the molecule is CC(CCC1C=CC(=O)O1)OC(=O)C(CC(=O)C(C)O)C1(Cc2c[nH]c3ccccc23)NC(=O)C(C)[NH+]1[O-]. The molecule has 0 spiro atoms. The number of para-hydroxylation sites is 1. The summed E-state index contributed by atoms with van der Waals surface area (Å²) in [7, 11) is 0. The molecule has 204 valence electrons. The summed E-state index contributed by atoms with van der Waals surface area (Å²) < 4.78 is 10.8. The van der Waals surface area contributed by atoms with Crippen molar-refractivity contribution in [2.75, 3.05) is 0 Å². The van der Waals surface area contributed by atoms with Crippen LogP contribution in [-0.2, 0) is 35.1 Å². The third-order valence-electron chi connectivity index (χ3n) is 7.36. The number of quaternary nitrogens is 1. The highest BCUT2D eigenvalue weighted by Gasteiger charge is 2.58. The second-order valence-electron chi connectivity index (χ2n) is 10.1. The number of Topliss-reactive ketones (excluding diaryl/α,β-unsaturated/α-hetero) is 1. The van der Waals surface area contributed by atoms with E-state index in [0.29, 0.717) is 18.4 Å². The number of H-pyrrole nitrogens is 1. The summed E-state index contributed by atoms with van der Waals surface area (Å²) in [5.74, 6) is -3.82. The van der Waals surface area contributed by atoms with Crippen molar-refractivity contribution in [3.05, 3.63) is 53.4 Å². The van der Waals surface area contributed by atoms with Crippen molar-refractivity contribution in [3.63, 3.8) is 0 Å². The normalized spacial score (nSPS) is 27.1. The van der Waals surface area contributed by atoms with E-state index in [1.807, 2.05) is 24.3 Å². The molecule has 1 aromatic heterocycles. The van der Waals surface area contributed by atoms with Gasteiger partial charge in [-0.3, -0.25) is 19.7 Å². The Bertz CT molecular complexity index is 1250. The Balaban J connectivity index is 1.64. The third kappa shape index (κ3) is 5.50. The number of ether oxygens (including phenoxy) is 2. The van der Waals surface area contributed by atoms with Gasteiger partial charge in [0.15, 0.2) is 17.5 Å². The van der Waals surface area contributed by atoms with Crippen LogP contribution in [0.15, 0.2) is 42.6 Å². The van der Waals surface area contributed by atoms with Gasteiger partial charge < -0.3 is 29.8 Å². The van der Waals surface area contributed by atoms with Crippen LogP contribution in [0.1, 0.15) is 45.6 Å². The Hall–Kier alpha value is -3.54. The fourth-order valence-corrected chi connectivity index (χ4v) is 5.12. The number of hydrogen-bond acceptors (Lipinski definition) is 8. The maximum Gasteiger partial charge on any atom is 0.331 e. The first-order valence-electron chi connectivity index (χ1n) is 12.7. The standard InChI is InChI=1S/C27H33N3O8/c1-15(8-9-19-10-11-24(33)38-19)37-26(35)21(12-23(32)17(3)31)27(29-25(34)16(2)30(27)36)13-18-14-28-22-7-5-4-6-20(18)22/h4-7,10-11,14-17,19,21,28,30-31H,8-9,12-13H2,1-3H3,(H,29,34). The highest BCUT2D eigenvalue weighted by molar-refractivity contribution is 5.90. The van der Waals surface area contributed by atoms with Crippen LogP contribution in [0.3, 0.4) is 0 Å². The molecule has 2 aliphatic rings. The first-order valence-corrected chi connectivity index (χ1v) is 12.7. The van der Waals surface area contributed by atoms with Gasteiger partial charge in [0.25, 0.3) is 5.91 Å². The average molecular weight is 528 g/mol. The Morgan fingerprint density at radius 1 is 1.26 bits per heavy atom. The van der Waals surface area contributed by atoms with Crippen molar-refractivity contribution in [2.24, 2.45) is 5.92 Å². The number of carbonyl (C=O) groups excluding carboxylic acids is 4. The lowest BCUT2D eigenvalue weighted by atomic mass is 9.82. The predicted molar refractivity (Wildman–Crippen MR) is 135 cm³/mol. The summed E-state index contributed by atoms with van der Waals surface area (Å²) in [6.45, 7) is 4.41. The van der Waals surface area contributed by atoms with Gasteiger partial charge in [-0.05, 0) is 51.3 Å². The molecule has 4 rings (SSSR count). The van der Waals surface area contributed by atoms with Crippen molar-refractivity contribution in [3.8, 4) is 0 Å². The van der Waals surface area contributed by atoms with Gasteiger partial charge in [0, 0.05) is 29.6 Å². The Kier molecular flexibility index (Phi) is 8.00. The van der Waals surface area contributed by atoms with E-state index >= 15 is 0 Å². The van der Waals surface area contributed by atoms with E-state index in [9.17, 15) is 29.5 Å². The fourth-order valence-electron chi connectivity index (χ4n) is 5.12. The van der Waals surface area contributed by atoms with Gasteiger partial charge in [0.2, 0.25) is 0 Å². The van der Waals surface area contributed by atoms with Gasteiger partial charge in [-0.1, -0.05) is 18.2 Å². The van der Waals surface area contributed by atoms with Crippen LogP contribution in [0.25, 0.3) is 10.9 Å². The number of carbonyl (C=O) groups is 4. The molecule has 0 bridgehead atoms. The van der Waals surface area contributed by atoms with E-state index < -0.39 is 71.0 Å². The van der Waals surface area contributed by atoms with Crippen LogP contribution in [0.5, 0.6) is 0 Å². The molecular weight excluding hydrogens is 494 g/mol. The number of aliphatic hydroxyl groups is 1. The minimum atomic E-state index is -1.74. The maximum absolute atomic E-state index is 13.7. The zero-order chi connectivity index (χ0) is 27.6. The highest BCUT2D eigenvalue weighted by Crippen LogP contribution is 2.30.